The largest absolute Gasteiger partial charge is 0.444 e. The second-order valence-electron chi connectivity index (χ2n) is 6.64. The lowest BCUT2D eigenvalue weighted by molar-refractivity contribution is -0.131. The van der Waals surface area contributed by atoms with Gasteiger partial charge in [-0.05, 0) is 26.3 Å². The minimum absolute atomic E-state index is 0.175. The highest BCUT2D eigenvalue weighted by molar-refractivity contribution is 5.91. The van der Waals surface area contributed by atoms with Gasteiger partial charge in [-0.25, -0.2) is 10.6 Å². The van der Waals surface area contributed by atoms with Gasteiger partial charge in [-0.3, -0.25) is 15.0 Å². The molecule has 9 nitrogen and oxygen atoms in total. The van der Waals surface area contributed by atoms with Crippen LogP contribution in [0, 0.1) is 0 Å². The molecule has 1 aromatic rings. The minimum Gasteiger partial charge on any atom is -0.444 e. The van der Waals surface area contributed by atoms with Crippen molar-refractivity contribution in [3.63, 3.8) is 0 Å². The van der Waals surface area contributed by atoms with Crippen molar-refractivity contribution >= 4 is 17.9 Å². The zero-order valence-corrected chi connectivity index (χ0v) is 15.1. The van der Waals surface area contributed by atoms with Gasteiger partial charge in [0.05, 0.1) is 6.61 Å². The average Bonchev–Trinajstić information content (AvgIpc) is 2.57. The summed E-state index contributed by atoms with van der Waals surface area (Å²) in [6.07, 6.45) is -0.591. The first-order valence-corrected chi connectivity index (χ1v) is 8.11. The molecule has 0 bridgehead atoms. The Hall–Kier alpha value is -2.65. The zero-order chi connectivity index (χ0) is 19.7. The quantitative estimate of drug-likeness (QED) is 0.252. The van der Waals surface area contributed by atoms with Gasteiger partial charge in [0.25, 0.3) is 5.91 Å². The third-order valence-electron chi connectivity index (χ3n) is 3.25. The van der Waals surface area contributed by atoms with Crippen molar-refractivity contribution in [2.24, 2.45) is 5.84 Å². The highest BCUT2D eigenvalue weighted by atomic mass is 16.6. The fraction of sp³-hybridized carbons (Fsp3) is 0.471. The predicted molar refractivity (Wildman–Crippen MR) is 94.7 cm³/mol. The van der Waals surface area contributed by atoms with Crippen LogP contribution < -0.4 is 21.9 Å². The van der Waals surface area contributed by atoms with Crippen LogP contribution >= 0.6 is 0 Å². The molecule has 2 atom stereocenters. The molecule has 26 heavy (non-hydrogen) atoms. The molecule has 0 radical (unpaired) electrons. The molecule has 1 aromatic carbocycles. The summed E-state index contributed by atoms with van der Waals surface area (Å²) in [5.41, 5.74) is 1.92. The molecule has 0 saturated heterocycles. The predicted octanol–water partition coefficient (Wildman–Crippen LogP) is -0.411. The second kappa shape index (κ2) is 9.73. The molecule has 1 rings (SSSR count). The third kappa shape index (κ3) is 7.49. The van der Waals surface area contributed by atoms with Gasteiger partial charge < -0.3 is 20.5 Å². The van der Waals surface area contributed by atoms with Crippen LogP contribution in [0.2, 0.25) is 0 Å². The number of hydrogen-bond acceptors (Lipinski definition) is 6. The number of nitrogens with two attached hydrogens (primary N) is 1. The molecule has 0 aliphatic heterocycles. The van der Waals surface area contributed by atoms with E-state index < -0.39 is 42.2 Å². The number of benzene rings is 1. The van der Waals surface area contributed by atoms with E-state index in [0.717, 1.165) is 5.56 Å². The van der Waals surface area contributed by atoms with Crippen molar-refractivity contribution < 1.29 is 24.2 Å². The van der Waals surface area contributed by atoms with E-state index in [4.69, 9.17) is 10.6 Å². The molecule has 0 saturated carbocycles. The maximum Gasteiger partial charge on any atom is 0.408 e. The molecule has 0 fully saturated rings. The van der Waals surface area contributed by atoms with Crippen LogP contribution in [-0.2, 0) is 20.7 Å². The van der Waals surface area contributed by atoms with Gasteiger partial charge in [0.15, 0.2) is 0 Å². The van der Waals surface area contributed by atoms with Crippen molar-refractivity contribution in [1.82, 2.24) is 16.1 Å². The maximum atomic E-state index is 12.5. The van der Waals surface area contributed by atoms with Gasteiger partial charge >= 0.3 is 6.09 Å². The summed E-state index contributed by atoms with van der Waals surface area (Å²) in [6, 6.07) is 6.79. The van der Waals surface area contributed by atoms with E-state index in [1.165, 1.54) is 0 Å². The molecule has 0 aromatic heterocycles. The van der Waals surface area contributed by atoms with Crippen molar-refractivity contribution in [2.75, 3.05) is 6.61 Å². The van der Waals surface area contributed by atoms with Gasteiger partial charge in [0.2, 0.25) is 5.91 Å². The van der Waals surface area contributed by atoms with Crippen LogP contribution in [0.15, 0.2) is 30.3 Å². The Bertz CT molecular complexity index is 615. The second-order valence-corrected chi connectivity index (χ2v) is 6.64. The summed E-state index contributed by atoms with van der Waals surface area (Å²) >= 11 is 0. The molecule has 0 spiro atoms. The van der Waals surface area contributed by atoms with Crippen LogP contribution in [0.5, 0.6) is 0 Å². The van der Waals surface area contributed by atoms with Crippen LogP contribution in [-0.4, -0.2) is 47.3 Å². The highest BCUT2D eigenvalue weighted by Gasteiger charge is 2.28. The number of hydrazine groups is 1. The van der Waals surface area contributed by atoms with E-state index in [0.29, 0.717) is 0 Å². The number of carbonyl (C=O) groups excluding carboxylic acids is 3. The molecule has 9 heteroatoms. The smallest absolute Gasteiger partial charge is 0.408 e. The fourth-order valence-corrected chi connectivity index (χ4v) is 2.08. The SMILES string of the molecule is CC(C)(C)OC(=O)NC(Cc1ccccc1)C(=O)NC(CO)C(=O)NN. The number of amides is 3. The number of aliphatic hydroxyl groups is 1. The summed E-state index contributed by atoms with van der Waals surface area (Å²) < 4.78 is 5.18. The number of rotatable bonds is 7. The number of alkyl carbamates (subject to hydrolysis) is 1. The van der Waals surface area contributed by atoms with E-state index in [-0.39, 0.29) is 6.42 Å². The van der Waals surface area contributed by atoms with Crippen molar-refractivity contribution in [2.45, 2.75) is 44.9 Å². The molecule has 6 N–H and O–H groups in total. The molecular weight excluding hydrogens is 340 g/mol. The van der Waals surface area contributed by atoms with E-state index in [1.54, 1.807) is 45.0 Å². The van der Waals surface area contributed by atoms with Crippen LogP contribution in [0.25, 0.3) is 0 Å². The Morgan fingerprint density at radius 1 is 1.08 bits per heavy atom. The standard InChI is InChI=1S/C17H26N4O5/c1-17(2,3)26-16(25)20-12(9-11-7-5-4-6-8-11)14(23)19-13(10-22)15(24)21-18/h4-8,12-13,22H,9-10,18H2,1-3H3,(H,19,23)(H,20,25)(H,21,24). The summed E-state index contributed by atoms with van der Waals surface area (Å²) in [4.78, 5) is 36.1. The first-order chi connectivity index (χ1) is 12.2. The topological polar surface area (TPSA) is 143 Å². The molecule has 2 unspecified atom stereocenters. The number of hydrogen-bond donors (Lipinski definition) is 5. The Balaban J connectivity index is 2.89. The van der Waals surface area contributed by atoms with Gasteiger partial charge in [-0.2, -0.15) is 0 Å². The number of ether oxygens (including phenoxy) is 1. The first-order valence-electron chi connectivity index (χ1n) is 8.11. The minimum atomic E-state index is -1.23. The first kappa shape index (κ1) is 21.4. The Labute approximate surface area is 152 Å². The molecule has 144 valence electrons. The number of nitrogens with one attached hydrogen (secondary N) is 3. The summed E-state index contributed by atoms with van der Waals surface area (Å²) in [5, 5.41) is 14.1. The Morgan fingerprint density at radius 3 is 2.19 bits per heavy atom. The van der Waals surface area contributed by atoms with E-state index >= 15 is 0 Å². The lowest BCUT2D eigenvalue weighted by Crippen LogP contribution is -2.56. The van der Waals surface area contributed by atoms with Gasteiger partial charge in [-0.15, -0.1) is 0 Å². The highest BCUT2D eigenvalue weighted by Crippen LogP contribution is 2.09. The summed E-state index contributed by atoms with van der Waals surface area (Å²) in [5.74, 6) is 3.62. The third-order valence-corrected chi connectivity index (χ3v) is 3.25. The van der Waals surface area contributed by atoms with E-state index in [9.17, 15) is 19.5 Å². The van der Waals surface area contributed by atoms with Crippen molar-refractivity contribution in [3.8, 4) is 0 Å². The lowest BCUT2D eigenvalue weighted by Gasteiger charge is -2.24. The Morgan fingerprint density at radius 2 is 1.69 bits per heavy atom. The Kier molecular flexibility index (Phi) is 8.01. The lowest BCUT2D eigenvalue weighted by atomic mass is 10.0. The van der Waals surface area contributed by atoms with Crippen LogP contribution in [0.4, 0.5) is 4.79 Å². The summed E-state index contributed by atoms with van der Waals surface area (Å²) in [7, 11) is 0. The van der Waals surface area contributed by atoms with Gasteiger partial charge in [-0.1, -0.05) is 30.3 Å². The zero-order valence-electron chi connectivity index (χ0n) is 15.1. The normalized spacial score (nSPS) is 13.3. The summed E-state index contributed by atoms with van der Waals surface area (Å²) in [6.45, 7) is 4.46. The van der Waals surface area contributed by atoms with Crippen molar-refractivity contribution in [3.05, 3.63) is 35.9 Å². The number of carbonyl (C=O) groups is 3. The average molecular weight is 366 g/mol. The van der Waals surface area contributed by atoms with Gasteiger partial charge in [0, 0.05) is 6.42 Å². The molecule has 0 heterocycles. The fourth-order valence-electron chi connectivity index (χ4n) is 2.08. The maximum absolute atomic E-state index is 12.5. The number of aliphatic hydroxyl groups excluding tert-OH is 1. The monoisotopic (exact) mass is 366 g/mol. The van der Waals surface area contributed by atoms with Crippen LogP contribution in [0.3, 0.4) is 0 Å². The molecular formula is C17H26N4O5. The van der Waals surface area contributed by atoms with E-state index in [1.807, 2.05) is 11.5 Å². The van der Waals surface area contributed by atoms with Crippen LogP contribution in [0.1, 0.15) is 26.3 Å². The molecule has 0 aliphatic rings. The van der Waals surface area contributed by atoms with Crippen molar-refractivity contribution in [1.29, 1.82) is 0 Å². The van der Waals surface area contributed by atoms with E-state index in [2.05, 4.69) is 10.6 Å². The molecule has 0 aliphatic carbocycles. The molecule has 3 amide bonds. The van der Waals surface area contributed by atoms with Gasteiger partial charge in [0.1, 0.15) is 17.7 Å².